The molecule has 0 fully saturated rings. The Morgan fingerprint density at radius 1 is 1.35 bits per heavy atom. The van der Waals surface area contributed by atoms with Crippen LogP contribution >= 0.6 is 0 Å². The highest BCUT2D eigenvalue weighted by molar-refractivity contribution is 5.30. The van der Waals surface area contributed by atoms with Crippen LogP contribution in [-0.4, -0.2) is 46.0 Å². The lowest BCUT2D eigenvalue weighted by molar-refractivity contribution is -0.385. The first-order chi connectivity index (χ1) is 8.17. The van der Waals surface area contributed by atoms with Gasteiger partial charge in [0.05, 0.1) is 4.92 Å². The fourth-order valence-corrected chi connectivity index (χ4v) is 1.37. The Balaban J connectivity index is 2.39. The highest BCUT2D eigenvalue weighted by Crippen LogP contribution is 2.07. The van der Waals surface area contributed by atoms with E-state index in [1.54, 1.807) is 0 Å². The van der Waals surface area contributed by atoms with Gasteiger partial charge in [-0.3, -0.25) is 10.1 Å². The Morgan fingerprint density at radius 2 is 1.94 bits per heavy atom. The number of hydrogen-bond donors (Lipinski definition) is 1. The van der Waals surface area contributed by atoms with E-state index in [0.29, 0.717) is 5.95 Å². The number of nitrogens with one attached hydrogen (secondary N) is 1. The molecule has 7 nitrogen and oxygen atoms in total. The Hall–Kier alpha value is -1.76. The molecule has 1 aromatic rings. The molecule has 0 saturated heterocycles. The van der Waals surface area contributed by atoms with Crippen molar-refractivity contribution in [2.45, 2.75) is 13.8 Å². The van der Waals surface area contributed by atoms with Gasteiger partial charge in [-0.05, 0) is 13.1 Å². The van der Waals surface area contributed by atoms with E-state index in [1.165, 1.54) is 12.4 Å². The van der Waals surface area contributed by atoms with E-state index < -0.39 is 4.92 Å². The monoisotopic (exact) mass is 239 g/mol. The molecular weight excluding hydrogens is 222 g/mol. The summed E-state index contributed by atoms with van der Waals surface area (Å²) < 4.78 is 0. The van der Waals surface area contributed by atoms with Crippen molar-refractivity contribution in [3.8, 4) is 0 Å². The third kappa shape index (κ3) is 4.31. The molecule has 1 aromatic heterocycles. The van der Waals surface area contributed by atoms with Crippen molar-refractivity contribution in [3.05, 3.63) is 22.5 Å². The van der Waals surface area contributed by atoms with Gasteiger partial charge in [0.25, 0.3) is 0 Å². The molecule has 1 N–H and O–H groups in total. The van der Waals surface area contributed by atoms with Crippen molar-refractivity contribution in [2.75, 3.05) is 31.5 Å². The van der Waals surface area contributed by atoms with Crippen molar-refractivity contribution >= 4 is 11.6 Å². The maximum atomic E-state index is 10.4. The largest absolute Gasteiger partial charge is 0.353 e. The highest BCUT2D eigenvalue weighted by Gasteiger charge is 2.06. The standard InChI is InChI=1S/C10H17N5O2/c1-3-14(4-2)6-5-11-10-12-7-9(8-13-10)15(16)17/h7-8H,3-6H2,1-2H3,(H,11,12,13). The van der Waals surface area contributed by atoms with Gasteiger partial charge in [-0.15, -0.1) is 0 Å². The predicted molar refractivity (Wildman–Crippen MR) is 65.0 cm³/mol. The molecular formula is C10H17N5O2. The van der Waals surface area contributed by atoms with Crippen LogP contribution in [0.4, 0.5) is 11.6 Å². The Kier molecular flexibility index (Phi) is 5.28. The van der Waals surface area contributed by atoms with Crippen molar-refractivity contribution in [1.29, 1.82) is 0 Å². The van der Waals surface area contributed by atoms with Crippen molar-refractivity contribution in [3.63, 3.8) is 0 Å². The van der Waals surface area contributed by atoms with E-state index in [1.807, 2.05) is 0 Å². The first kappa shape index (κ1) is 13.3. The summed E-state index contributed by atoms with van der Waals surface area (Å²) in [5, 5.41) is 13.4. The summed E-state index contributed by atoms with van der Waals surface area (Å²) in [5.41, 5.74) is -0.0979. The molecule has 0 spiro atoms. The zero-order valence-corrected chi connectivity index (χ0v) is 10.1. The molecule has 17 heavy (non-hydrogen) atoms. The molecule has 0 bridgehead atoms. The van der Waals surface area contributed by atoms with Crippen LogP contribution in [0, 0.1) is 10.1 Å². The maximum Gasteiger partial charge on any atom is 0.305 e. The maximum absolute atomic E-state index is 10.4. The lowest BCUT2D eigenvalue weighted by Gasteiger charge is -2.17. The fraction of sp³-hybridized carbons (Fsp3) is 0.600. The summed E-state index contributed by atoms with van der Waals surface area (Å²) in [7, 11) is 0. The molecule has 1 heterocycles. The summed E-state index contributed by atoms with van der Waals surface area (Å²) in [4.78, 5) is 19.9. The molecule has 0 aliphatic carbocycles. The van der Waals surface area contributed by atoms with E-state index in [9.17, 15) is 10.1 Å². The number of nitro groups is 1. The molecule has 0 aliphatic heterocycles. The molecule has 0 amide bonds. The minimum absolute atomic E-state index is 0.0979. The Labute approximate surface area is 100 Å². The first-order valence-electron chi connectivity index (χ1n) is 5.60. The van der Waals surface area contributed by atoms with Crippen LogP contribution < -0.4 is 5.32 Å². The van der Waals surface area contributed by atoms with Gasteiger partial charge in [0, 0.05) is 13.1 Å². The van der Waals surface area contributed by atoms with Crippen LogP contribution in [0.3, 0.4) is 0 Å². The molecule has 7 heteroatoms. The topological polar surface area (TPSA) is 84.2 Å². The third-order valence-electron chi connectivity index (χ3n) is 2.45. The second kappa shape index (κ2) is 6.74. The fourth-order valence-electron chi connectivity index (χ4n) is 1.37. The first-order valence-corrected chi connectivity index (χ1v) is 5.60. The van der Waals surface area contributed by atoms with Crippen LogP contribution in [0.2, 0.25) is 0 Å². The van der Waals surface area contributed by atoms with Gasteiger partial charge >= 0.3 is 5.69 Å². The summed E-state index contributed by atoms with van der Waals surface area (Å²) in [6.07, 6.45) is 2.40. The lowest BCUT2D eigenvalue weighted by atomic mass is 10.4. The van der Waals surface area contributed by atoms with Crippen LogP contribution in [0.15, 0.2) is 12.4 Å². The van der Waals surface area contributed by atoms with Gasteiger partial charge in [-0.25, -0.2) is 9.97 Å². The van der Waals surface area contributed by atoms with Crippen LogP contribution in [0.25, 0.3) is 0 Å². The van der Waals surface area contributed by atoms with E-state index in [2.05, 4.69) is 34.0 Å². The van der Waals surface area contributed by atoms with Crippen LogP contribution in [-0.2, 0) is 0 Å². The second-order valence-electron chi connectivity index (χ2n) is 3.48. The van der Waals surface area contributed by atoms with Gasteiger partial charge in [0.2, 0.25) is 5.95 Å². The molecule has 0 unspecified atom stereocenters. The smallest absolute Gasteiger partial charge is 0.305 e. The number of rotatable bonds is 7. The number of likely N-dealkylation sites (N-methyl/N-ethyl adjacent to an activating group) is 1. The minimum atomic E-state index is -0.514. The van der Waals surface area contributed by atoms with Gasteiger partial charge in [-0.2, -0.15) is 0 Å². The molecule has 0 atom stereocenters. The van der Waals surface area contributed by atoms with Crippen molar-refractivity contribution < 1.29 is 4.92 Å². The van der Waals surface area contributed by atoms with Gasteiger partial charge < -0.3 is 10.2 Å². The van der Waals surface area contributed by atoms with Gasteiger partial charge in [-0.1, -0.05) is 13.8 Å². The minimum Gasteiger partial charge on any atom is -0.353 e. The Morgan fingerprint density at radius 3 is 2.41 bits per heavy atom. The van der Waals surface area contributed by atoms with E-state index >= 15 is 0 Å². The molecule has 1 rings (SSSR count). The summed E-state index contributed by atoms with van der Waals surface area (Å²) in [6.45, 7) is 7.82. The van der Waals surface area contributed by atoms with Crippen molar-refractivity contribution in [2.24, 2.45) is 0 Å². The number of anilines is 1. The number of nitrogens with zero attached hydrogens (tertiary/aromatic N) is 4. The number of aromatic nitrogens is 2. The SMILES string of the molecule is CCN(CC)CCNc1ncc([N+](=O)[O-])cn1. The lowest BCUT2D eigenvalue weighted by Crippen LogP contribution is -2.28. The average molecular weight is 239 g/mol. The summed E-state index contributed by atoms with van der Waals surface area (Å²) >= 11 is 0. The molecule has 0 saturated carbocycles. The molecule has 0 aliphatic rings. The normalized spacial score (nSPS) is 10.5. The van der Waals surface area contributed by atoms with Gasteiger partial charge in [0.1, 0.15) is 12.4 Å². The van der Waals surface area contributed by atoms with Gasteiger partial charge in [0.15, 0.2) is 0 Å². The zero-order valence-electron chi connectivity index (χ0n) is 10.1. The number of hydrogen-bond acceptors (Lipinski definition) is 6. The molecule has 0 radical (unpaired) electrons. The third-order valence-corrected chi connectivity index (χ3v) is 2.45. The Bertz CT molecular complexity index is 350. The summed E-state index contributed by atoms with van der Waals surface area (Å²) in [5.74, 6) is 0.419. The van der Waals surface area contributed by atoms with Crippen LogP contribution in [0.5, 0.6) is 0 Å². The van der Waals surface area contributed by atoms with E-state index in [4.69, 9.17) is 0 Å². The second-order valence-corrected chi connectivity index (χ2v) is 3.48. The van der Waals surface area contributed by atoms with Crippen LogP contribution in [0.1, 0.15) is 13.8 Å². The average Bonchev–Trinajstić information content (AvgIpc) is 2.35. The zero-order chi connectivity index (χ0) is 12.7. The van der Waals surface area contributed by atoms with E-state index in [-0.39, 0.29) is 5.69 Å². The molecule has 0 aromatic carbocycles. The quantitative estimate of drug-likeness (QED) is 0.567. The van der Waals surface area contributed by atoms with E-state index in [0.717, 1.165) is 26.2 Å². The molecule has 94 valence electrons. The highest BCUT2D eigenvalue weighted by atomic mass is 16.6. The predicted octanol–water partition coefficient (Wildman–Crippen LogP) is 1.14. The summed E-state index contributed by atoms with van der Waals surface area (Å²) in [6, 6.07) is 0. The van der Waals surface area contributed by atoms with Crippen molar-refractivity contribution in [1.82, 2.24) is 14.9 Å².